The first-order chi connectivity index (χ1) is 17.1. The molecule has 0 aliphatic heterocycles. The first kappa shape index (κ1) is 23.0. The third-order valence-corrected chi connectivity index (χ3v) is 6.93. The van der Waals surface area contributed by atoms with Crippen LogP contribution in [-0.2, 0) is 4.79 Å². The van der Waals surface area contributed by atoms with E-state index < -0.39 is 11.9 Å². The number of fused-ring (bicyclic) bond motifs is 1. The Morgan fingerprint density at radius 2 is 1.80 bits per heavy atom. The van der Waals surface area contributed by atoms with Gasteiger partial charge in [-0.05, 0) is 43.3 Å². The zero-order valence-electron chi connectivity index (χ0n) is 18.6. The molecule has 10 heteroatoms. The van der Waals surface area contributed by atoms with Gasteiger partial charge < -0.3 is 10.1 Å². The van der Waals surface area contributed by atoms with Crippen LogP contribution in [0.3, 0.4) is 0 Å². The molecule has 0 bridgehead atoms. The van der Waals surface area contributed by atoms with E-state index in [1.54, 1.807) is 25.1 Å². The van der Waals surface area contributed by atoms with Crippen LogP contribution in [0.5, 0.6) is 5.75 Å². The highest BCUT2D eigenvalue weighted by molar-refractivity contribution is 7.99. The van der Waals surface area contributed by atoms with Crippen LogP contribution in [0.15, 0.2) is 84.0 Å². The van der Waals surface area contributed by atoms with Crippen molar-refractivity contribution < 1.29 is 13.9 Å². The zero-order valence-corrected chi connectivity index (χ0v) is 20.2. The number of benzene rings is 3. The summed E-state index contributed by atoms with van der Waals surface area (Å²) >= 11 is 2.67. The molecular weight excluding hydrogens is 485 g/mol. The first-order valence-electron chi connectivity index (χ1n) is 10.8. The Balaban J connectivity index is 1.35. The van der Waals surface area contributed by atoms with Crippen molar-refractivity contribution in [2.75, 3.05) is 11.1 Å². The van der Waals surface area contributed by atoms with Crippen LogP contribution < -0.4 is 10.1 Å². The molecule has 7 nitrogen and oxygen atoms in total. The summed E-state index contributed by atoms with van der Waals surface area (Å²) in [5.74, 6) is 0.0874. The van der Waals surface area contributed by atoms with Crippen molar-refractivity contribution >= 4 is 44.4 Å². The van der Waals surface area contributed by atoms with E-state index in [0.29, 0.717) is 16.1 Å². The number of halogens is 1. The number of carbonyl (C=O) groups excluding carboxylic acids is 1. The molecule has 1 amide bonds. The minimum absolute atomic E-state index is 0.115. The average molecular weight is 506 g/mol. The Labute approximate surface area is 209 Å². The van der Waals surface area contributed by atoms with Crippen molar-refractivity contribution in [2.24, 2.45) is 0 Å². The van der Waals surface area contributed by atoms with E-state index in [9.17, 15) is 9.18 Å². The fraction of sp³-hybridized carbons (Fsp3) is 0.120. The van der Waals surface area contributed by atoms with Gasteiger partial charge in [-0.3, -0.25) is 9.36 Å². The predicted molar refractivity (Wildman–Crippen MR) is 136 cm³/mol. The standard InChI is InChI=1S/C25H20FN5O2S2/c1-16(33-20-13-7-5-11-18(20)26)23-29-30-25(31(23)17-9-3-2-4-10-17)34-15-22(32)28-24-27-19-12-6-8-14-21(19)35-24/h2-14,16H,15H2,1H3,(H,27,28,32). The van der Waals surface area contributed by atoms with Crippen LogP contribution >= 0.6 is 23.1 Å². The number of hydrogen-bond acceptors (Lipinski definition) is 7. The molecule has 1 atom stereocenters. The zero-order chi connectivity index (χ0) is 24.2. The molecule has 0 saturated carbocycles. The molecule has 2 heterocycles. The average Bonchev–Trinajstić information content (AvgIpc) is 3.48. The van der Waals surface area contributed by atoms with Gasteiger partial charge in [-0.25, -0.2) is 9.37 Å². The lowest BCUT2D eigenvalue weighted by Gasteiger charge is -2.17. The second kappa shape index (κ2) is 10.2. The molecule has 35 heavy (non-hydrogen) atoms. The molecule has 0 spiro atoms. The smallest absolute Gasteiger partial charge is 0.236 e. The second-order valence-corrected chi connectivity index (χ2v) is 9.50. The first-order valence-corrected chi connectivity index (χ1v) is 12.6. The van der Waals surface area contributed by atoms with Crippen molar-refractivity contribution in [3.63, 3.8) is 0 Å². The summed E-state index contributed by atoms with van der Waals surface area (Å²) in [6, 6.07) is 23.5. The van der Waals surface area contributed by atoms with Crippen LogP contribution in [0.2, 0.25) is 0 Å². The number of anilines is 1. The maximum Gasteiger partial charge on any atom is 0.236 e. The molecule has 2 aromatic heterocycles. The van der Waals surface area contributed by atoms with Crippen LogP contribution in [0.4, 0.5) is 9.52 Å². The molecule has 0 radical (unpaired) electrons. The molecule has 0 saturated heterocycles. The van der Waals surface area contributed by atoms with Gasteiger partial charge >= 0.3 is 0 Å². The summed E-state index contributed by atoms with van der Waals surface area (Å²) in [4.78, 5) is 17.1. The number of thiazole rings is 1. The molecule has 0 fully saturated rings. The Kier molecular flexibility index (Phi) is 6.73. The highest BCUT2D eigenvalue weighted by atomic mass is 32.2. The Morgan fingerprint density at radius 3 is 2.60 bits per heavy atom. The minimum atomic E-state index is -0.592. The SMILES string of the molecule is CC(Oc1ccccc1F)c1nnc(SCC(=O)Nc2nc3ccccc3s2)n1-c1ccccc1. The molecule has 176 valence electrons. The fourth-order valence-electron chi connectivity index (χ4n) is 3.45. The summed E-state index contributed by atoms with van der Waals surface area (Å²) in [5.41, 5.74) is 1.66. The van der Waals surface area contributed by atoms with Gasteiger partial charge in [-0.1, -0.05) is 65.6 Å². The van der Waals surface area contributed by atoms with E-state index in [4.69, 9.17) is 4.74 Å². The number of ether oxygens (including phenoxy) is 1. The number of para-hydroxylation sites is 3. The van der Waals surface area contributed by atoms with Crippen LogP contribution in [-0.4, -0.2) is 31.4 Å². The van der Waals surface area contributed by atoms with Crippen molar-refractivity contribution in [1.29, 1.82) is 0 Å². The molecule has 1 N–H and O–H groups in total. The number of amides is 1. The molecule has 0 aliphatic rings. The third-order valence-electron chi connectivity index (χ3n) is 5.05. The minimum Gasteiger partial charge on any atom is -0.480 e. The van der Waals surface area contributed by atoms with Crippen molar-refractivity contribution in [1.82, 2.24) is 19.7 Å². The summed E-state index contributed by atoms with van der Waals surface area (Å²) in [5, 5.41) is 12.5. The monoisotopic (exact) mass is 505 g/mol. The van der Waals surface area contributed by atoms with Gasteiger partial charge in [-0.2, -0.15) is 0 Å². The van der Waals surface area contributed by atoms with Gasteiger partial charge in [0.05, 0.1) is 16.0 Å². The summed E-state index contributed by atoms with van der Waals surface area (Å²) in [7, 11) is 0. The number of aromatic nitrogens is 4. The second-order valence-electron chi connectivity index (χ2n) is 7.53. The summed E-state index contributed by atoms with van der Waals surface area (Å²) < 4.78 is 22.8. The molecule has 1 unspecified atom stereocenters. The van der Waals surface area contributed by atoms with E-state index in [1.165, 1.54) is 29.2 Å². The molecule has 5 aromatic rings. The highest BCUT2D eigenvalue weighted by Gasteiger charge is 2.22. The van der Waals surface area contributed by atoms with E-state index in [2.05, 4.69) is 20.5 Å². The number of rotatable bonds is 8. The quantitative estimate of drug-likeness (QED) is 0.265. The van der Waals surface area contributed by atoms with Crippen molar-refractivity contribution in [3.8, 4) is 11.4 Å². The Hall–Kier alpha value is -3.76. The highest BCUT2D eigenvalue weighted by Crippen LogP contribution is 2.29. The van der Waals surface area contributed by atoms with E-state index in [-0.39, 0.29) is 17.4 Å². The van der Waals surface area contributed by atoms with Crippen molar-refractivity contribution in [2.45, 2.75) is 18.2 Å². The largest absolute Gasteiger partial charge is 0.480 e. The van der Waals surface area contributed by atoms with Gasteiger partial charge in [0, 0.05) is 5.69 Å². The molecule has 0 aliphatic carbocycles. The third kappa shape index (κ3) is 5.18. The van der Waals surface area contributed by atoms with Gasteiger partial charge in [0.2, 0.25) is 5.91 Å². The fourth-order valence-corrected chi connectivity index (χ4v) is 5.09. The van der Waals surface area contributed by atoms with Gasteiger partial charge in [0.25, 0.3) is 0 Å². The van der Waals surface area contributed by atoms with Crippen LogP contribution in [0.25, 0.3) is 15.9 Å². The van der Waals surface area contributed by atoms with Crippen molar-refractivity contribution in [3.05, 3.63) is 90.5 Å². The van der Waals surface area contributed by atoms with Gasteiger partial charge in [0.15, 0.2) is 33.8 Å². The number of carbonyl (C=O) groups is 1. The van der Waals surface area contributed by atoms with Gasteiger partial charge in [0.1, 0.15) is 0 Å². The predicted octanol–water partition coefficient (Wildman–Crippen LogP) is 5.89. The lowest BCUT2D eigenvalue weighted by Crippen LogP contribution is -2.15. The Morgan fingerprint density at radius 1 is 1.06 bits per heavy atom. The maximum atomic E-state index is 14.1. The summed E-state index contributed by atoms with van der Waals surface area (Å²) in [6.45, 7) is 1.78. The lowest BCUT2D eigenvalue weighted by molar-refractivity contribution is -0.113. The van der Waals surface area contributed by atoms with Gasteiger partial charge in [-0.15, -0.1) is 10.2 Å². The lowest BCUT2D eigenvalue weighted by atomic mass is 10.3. The van der Waals surface area contributed by atoms with Crippen LogP contribution in [0.1, 0.15) is 18.9 Å². The number of nitrogens with one attached hydrogen (secondary N) is 1. The molecular formula is C25H20FN5O2S2. The maximum absolute atomic E-state index is 14.1. The number of nitrogens with zero attached hydrogens (tertiary/aromatic N) is 4. The topological polar surface area (TPSA) is 81.9 Å². The van der Waals surface area contributed by atoms with E-state index in [0.717, 1.165) is 15.9 Å². The molecule has 5 rings (SSSR count). The Bertz CT molecular complexity index is 1440. The molecule has 3 aromatic carbocycles. The normalized spacial score (nSPS) is 11.9. The number of hydrogen-bond donors (Lipinski definition) is 1. The summed E-state index contributed by atoms with van der Waals surface area (Å²) in [6.07, 6.45) is -0.592. The van der Waals surface area contributed by atoms with E-state index >= 15 is 0 Å². The number of thioether (sulfide) groups is 1. The van der Waals surface area contributed by atoms with Crippen LogP contribution in [0, 0.1) is 5.82 Å². The van der Waals surface area contributed by atoms with E-state index in [1.807, 2.05) is 59.2 Å².